The number of Topliss-reactive ketones (excluding diaryl/α,β-unsaturated/α-hetero) is 1. The fraction of sp³-hybridized carbons (Fsp3) is 0.133. The largest absolute Gasteiger partial charge is 0.398 e. The number of carbonyl (C=O) groups excluding carboxylic acids is 1. The minimum atomic E-state index is -0.255. The van der Waals surface area contributed by atoms with Crippen LogP contribution in [0.4, 0.5) is 15.8 Å². The van der Waals surface area contributed by atoms with E-state index in [9.17, 15) is 9.18 Å². The van der Waals surface area contributed by atoms with Crippen molar-refractivity contribution in [1.29, 1.82) is 0 Å². The summed E-state index contributed by atoms with van der Waals surface area (Å²) in [5, 5.41) is 3.17. The Balaban J connectivity index is 2.09. The maximum absolute atomic E-state index is 12.8. The molecule has 98 valence electrons. The number of hydrogen-bond acceptors (Lipinski definition) is 3. The fourth-order valence-electron chi connectivity index (χ4n) is 1.78. The van der Waals surface area contributed by atoms with Crippen LogP contribution in [0.1, 0.15) is 22.8 Å². The molecule has 0 heterocycles. The summed E-state index contributed by atoms with van der Waals surface area (Å²) < 4.78 is 12.8. The smallest absolute Gasteiger partial charge is 0.161 e. The first-order chi connectivity index (χ1) is 9.06. The maximum atomic E-state index is 12.8. The van der Waals surface area contributed by atoms with Crippen LogP contribution >= 0.6 is 0 Å². The van der Waals surface area contributed by atoms with Gasteiger partial charge in [-0.1, -0.05) is 12.1 Å². The second-order valence-corrected chi connectivity index (χ2v) is 4.34. The van der Waals surface area contributed by atoms with Crippen molar-refractivity contribution in [2.45, 2.75) is 13.5 Å². The lowest BCUT2D eigenvalue weighted by atomic mass is 10.1. The molecule has 0 aromatic heterocycles. The third kappa shape index (κ3) is 3.31. The summed E-state index contributed by atoms with van der Waals surface area (Å²) in [6.45, 7) is 2.04. The van der Waals surface area contributed by atoms with Gasteiger partial charge in [-0.3, -0.25) is 4.79 Å². The number of anilines is 2. The molecule has 0 aliphatic carbocycles. The van der Waals surface area contributed by atoms with Gasteiger partial charge in [0.05, 0.1) is 0 Å². The molecule has 2 aromatic carbocycles. The number of ketones is 1. The second kappa shape index (κ2) is 5.52. The average molecular weight is 258 g/mol. The minimum Gasteiger partial charge on any atom is -0.398 e. The van der Waals surface area contributed by atoms with Gasteiger partial charge in [0.2, 0.25) is 0 Å². The molecular weight excluding hydrogens is 243 g/mol. The van der Waals surface area contributed by atoms with E-state index >= 15 is 0 Å². The van der Waals surface area contributed by atoms with Crippen LogP contribution < -0.4 is 11.1 Å². The normalized spacial score (nSPS) is 10.2. The molecule has 0 spiro atoms. The number of benzene rings is 2. The van der Waals surface area contributed by atoms with Gasteiger partial charge in [0.1, 0.15) is 5.82 Å². The zero-order chi connectivity index (χ0) is 13.8. The maximum Gasteiger partial charge on any atom is 0.161 e. The van der Waals surface area contributed by atoms with Gasteiger partial charge >= 0.3 is 0 Å². The van der Waals surface area contributed by atoms with Crippen molar-refractivity contribution < 1.29 is 9.18 Å². The first-order valence-corrected chi connectivity index (χ1v) is 5.95. The van der Waals surface area contributed by atoms with Crippen LogP contribution in [0.5, 0.6) is 0 Å². The highest BCUT2D eigenvalue weighted by molar-refractivity contribution is 5.99. The molecular formula is C15H15FN2O. The Morgan fingerprint density at radius 2 is 1.89 bits per heavy atom. The number of rotatable bonds is 4. The Bertz CT molecular complexity index is 594. The molecule has 0 saturated heterocycles. The fourth-order valence-corrected chi connectivity index (χ4v) is 1.78. The van der Waals surface area contributed by atoms with Crippen molar-refractivity contribution in [3.8, 4) is 0 Å². The monoisotopic (exact) mass is 258 g/mol. The van der Waals surface area contributed by atoms with Crippen LogP contribution in [0.3, 0.4) is 0 Å². The molecule has 0 amide bonds. The lowest BCUT2D eigenvalue weighted by Crippen LogP contribution is -2.03. The van der Waals surface area contributed by atoms with Gasteiger partial charge in [0, 0.05) is 23.5 Å². The van der Waals surface area contributed by atoms with Crippen LogP contribution in [0.25, 0.3) is 0 Å². The Hall–Kier alpha value is -2.36. The number of nitrogens with two attached hydrogens (primary N) is 1. The predicted octanol–water partition coefficient (Wildman–Crippen LogP) is 3.22. The summed E-state index contributed by atoms with van der Waals surface area (Å²) >= 11 is 0. The van der Waals surface area contributed by atoms with Crippen molar-refractivity contribution in [3.05, 3.63) is 59.4 Å². The Labute approximate surface area is 111 Å². The molecule has 19 heavy (non-hydrogen) atoms. The Morgan fingerprint density at radius 1 is 1.21 bits per heavy atom. The van der Waals surface area contributed by atoms with Gasteiger partial charge in [-0.05, 0) is 42.8 Å². The van der Waals surface area contributed by atoms with E-state index in [4.69, 9.17) is 5.73 Å². The van der Waals surface area contributed by atoms with Crippen molar-refractivity contribution >= 4 is 17.2 Å². The molecule has 0 atom stereocenters. The van der Waals surface area contributed by atoms with E-state index in [-0.39, 0.29) is 11.6 Å². The van der Waals surface area contributed by atoms with Crippen LogP contribution in [0.2, 0.25) is 0 Å². The number of nitrogens with one attached hydrogen (secondary N) is 1. The highest BCUT2D eigenvalue weighted by atomic mass is 19.1. The topological polar surface area (TPSA) is 55.1 Å². The molecule has 0 aliphatic heterocycles. The molecule has 2 rings (SSSR count). The van der Waals surface area contributed by atoms with Gasteiger partial charge < -0.3 is 11.1 Å². The Kier molecular flexibility index (Phi) is 3.80. The number of nitrogen functional groups attached to an aromatic ring is 1. The molecule has 3 N–H and O–H groups in total. The lowest BCUT2D eigenvalue weighted by molar-refractivity contribution is 0.101. The van der Waals surface area contributed by atoms with E-state index < -0.39 is 0 Å². The van der Waals surface area contributed by atoms with E-state index in [0.717, 1.165) is 11.3 Å². The highest BCUT2D eigenvalue weighted by Gasteiger charge is 2.05. The SMILES string of the molecule is CC(=O)c1cc(NCc2ccc(F)cc2)ccc1N. The first kappa shape index (κ1) is 13.1. The van der Waals surface area contributed by atoms with E-state index in [2.05, 4.69) is 5.32 Å². The zero-order valence-electron chi connectivity index (χ0n) is 10.6. The quantitative estimate of drug-likeness (QED) is 0.654. The Morgan fingerprint density at radius 3 is 2.53 bits per heavy atom. The number of halogens is 1. The summed E-state index contributed by atoms with van der Waals surface area (Å²) in [7, 11) is 0. The molecule has 0 radical (unpaired) electrons. The van der Waals surface area contributed by atoms with Gasteiger partial charge in [0.15, 0.2) is 5.78 Å². The average Bonchev–Trinajstić information content (AvgIpc) is 2.39. The van der Waals surface area contributed by atoms with Gasteiger partial charge in [-0.2, -0.15) is 0 Å². The standard InChI is InChI=1S/C15H15FN2O/c1-10(19)14-8-13(6-7-15(14)17)18-9-11-2-4-12(16)5-3-11/h2-8,18H,9,17H2,1H3. The van der Waals surface area contributed by atoms with E-state index in [0.29, 0.717) is 17.8 Å². The van der Waals surface area contributed by atoms with Crippen molar-refractivity contribution in [1.82, 2.24) is 0 Å². The molecule has 0 fully saturated rings. The molecule has 0 saturated carbocycles. The number of carbonyl (C=O) groups is 1. The van der Waals surface area contributed by atoms with Crippen LogP contribution in [-0.4, -0.2) is 5.78 Å². The summed E-state index contributed by atoms with van der Waals surface area (Å²) in [5.41, 5.74) is 8.47. The van der Waals surface area contributed by atoms with Gasteiger partial charge in [-0.25, -0.2) is 4.39 Å². The summed E-state index contributed by atoms with van der Waals surface area (Å²) in [4.78, 5) is 11.4. The van der Waals surface area contributed by atoms with Crippen molar-refractivity contribution in [3.63, 3.8) is 0 Å². The lowest BCUT2D eigenvalue weighted by Gasteiger charge is -2.09. The minimum absolute atomic E-state index is 0.0667. The molecule has 2 aromatic rings. The second-order valence-electron chi connectivity index (χ2n) is 4.34. The van der Waals surface area contributed by atoms with Crippen molar-refractivity contribution in [2.75, 3.05) is 11.1 Å². The van der Waals surface area contributed by atoms with Gasteiger partial charge in [-0.15, -0.1) is 0 Å². The summed E-state index contributed by atoms with van der Waals surface area (Å²) in [5.74, 6) is -0.321. The number of hydrogen-bond donors (Lipinski definition) is 2. The zero-order valence-corrected chi connectivity index (χ0v) is 10.6. The highest BCUT2D eigenvalue weighted by Crippen LogP contribution is 2.19. The molecule has 0 bridgehead atoms. The van der Waals surface area contributed by atoms with Crippen LogP contribution in [0.15, 0.2) is 42.5 Å². The molecule has 0 unspecified atom stereocenters. The van der Waals surface area contributed by atoms with E-state index in [1.54, 1.807) is 24.3 Å². The van der Waals surface area contributed by atoms with E-state index in [1.165, 1.54) is 19.1 Å². The van der Waals surface area contributed by atoms with E-state index in [1.807, 2.05) is 6.07 Å². The molecule has 3 nitrogen and oxygen atoms in total. The molecule has 0 aliphatic rings. The third-order valence-corrected chi connectivity index (χ3v) is 2.84. The van der Waals surface area contributed by atoms with Gasteiger partial charge in [0.25, 0.3) is 0 Å². The predicted molar refractivity (Wildman–Crippen MR) is 74.6 cm³/mol. The van der Waals surface area contributed by atoms with Crippen LogP contribution in [-0.2, 0) is 6.54 Å². The van der Waals surface area contributed by atoms with Crippen molar-refractivity contribution in [2.24, 2.45) is 0 Å². The summed E-state index contributed by atoms with van der Waals surface area (Å²) in [6.07, 6.45) is 0. The first-order valence-electron chi connectivity index (χ1n) is 5.95. The summed E-state index contributed by atoms with van der Waals surface area (Å²) in [6, 6.07) is 11.5. The third-order valence-electron chi connectivity index (χ3n) is 2.84. The van der Waals surface area contributed by atoms with Crippen LogP contribution in [0, 0.1) is 5.82 Å². The molecule has 4 heteroatoms.